The number of benzene rings is 1. The second-order valence-corrected chi connectivity index (χ2v) is 8.84. The summed E-state index contributed by atoms with van der Waals surface area (Å²) < 4.78 is 62.0. The van der Waals surface area contributed by atoms with Crippen LogP contribution in [0.2, 0.25) is 0 Å². The summed E-state index contributed by atoms with van der Waals surface area (Å²) in [6.07, 6.45) is 0.302. The molecule has 2 rings (SSSR count). The average molecular weight is 321 g/mol. The predicted octanol–water partition coefficient (Wildman–Crippen LogP) is 1.02. The van der Waals surface area contributed by atoms with Crippen molar-refractivity contribution >= 4 is 19.9 Å². The molecule has 0 aliphatic carbocycles. The molecule has 0 saturated carbocycles. The van der Waals surface area contributed by atoms with Crippen LogP contribution in [-0.2, 0) is 19.9 Å². The van der Waals surface area contributed by atoms with Gasteiger partial charge in [0.05, 0.1) is 16.4 Å². The van der Waals surface area contributed by atoms with Gasteiger partial charge in [-0.1, -0.05) is 6.92 Å². The minimum atomic E-state index is -3.80. The van der Waals surface area contributed by atoms with Crippen LogP contribution in [0.4, 0.5) is 4.39 Å². The molecule has 1 unspecified atom stereocenters. The topological polar surface area (TPSA) is 71.5 Å². The van der Waals surface area contributed by atoms with E-state index >= 15 is 0 Å². The Labute approximate surface area is 118 Å². The van der Waals surface area contributed by atoms with Gasteiger partial charge in [0, 0.05) is 12.6 Å². The summed E-state index contributed by atoms with van der Waals surface area (Å²) in [6.45, 7) is 1.84. The summed E-state index contributed by atoms with van der Waals surface area (Å²) in [7, 11) is -6.97. The standard InChI is InChI=1S/C12H16FNO4S2/c1-2-14(11-7-8-19(15,16)9-11)20(17,18)12-5-3-10(13)4-6-12/h3-6,11H,2,7-9H2,1H3. The molecule has 5 nitrogen and oxygen atoms in total. The van der Waals surface area contributed by atoms with E-state index < -0.39 is 31.7 Å². The Morgan fingerprint density at radius 1 is 1.30 bits per heavy atom. The first-order valence-corrected chi connectivity index (χ1v) is 9.50. The van der Waals surface area contributed by atoms with Crippen LogP contribution in [0.15, 0.2) is 29.2 Å². The Morgan fingerprint density at radius 3 is 2.35 bits per heavy atom. The van der Waals surface area contributed by atoms with Gasteiger partial charge in [-0.15, -0.1) is 0 Å². The molecular formula is C12H16FNO4S2. The molecule has 1 aromatic rings. The summed E-state index contributed by atoms with van der Waals surface area (Å²) >= 11 is 0. The van der Waals surface area contributed by atoms with E-state index in [1.807, 2.05) is 0 Å². The van der Waals surface area contributed by atoms with Crippen molar-refractivity contribution < 1.29 is 21.2 Å². The first-order valence-electron chi connectivity index (χ1n) is 6.24. The number of hydrogen-bond acceptors (Lipinski definition) is 4. The minimum Gasteiger partial charge on any atom is -0.229 e. The SMILES string of the molecule is CCN(C1CCS(=O)(=O)C1)S(=O)(=O)c1ccc(F)cc1. The van der Waals surface area contributed by atoms with Crippen LogP contribution in [0, 0.1) is 5.82 Å². The maximum atomic E-state index is 12.9. The van der Waals surface area contributed by atoms with Crippen LogP contribution in [0.1, 0.15) is 13.3 Å². The molecule has 0 N–H and O–H groups in total. The molecule has 1 fully saturated rings. The lowest BCUT2D eigenvalue weighted by molar-refractivity contribution is 0.354. The van der Waals surface area contributed by atoms with Crippen LogP contribution in [-0.4, -0.2) is 45.2 Å². The fourth-order valence-corrected chi connectivity index (χ4v) is 5.86. The van der Waals surface area contributed by atoms with Gasteiger partial charge >= 0.3 is 0 Å². The van der Waals surface area contributed by atoms with E-state index in [2.05, 4.69) is 0 Å². The third kappa shape index (κ3) is 3.02. The van der Waals surface area contributed by atoms with Crippen molar-refractivity contribution in [1.82, 2.24) is 4.31 Å². The van der Waals surface area contributed by atoms with E-state index in [9.17, 15) is 21.2 Å². The van der Waals surface area contributed by atoms with Crippen LogP contribution < -0.4 is 0 Å². The Hall–Kier alpha value is -0.990. The Balaban J connectivity index is 2.33. The molecule has 1 aliphatic heterocycles. The van der Waals surface area contributed by atoms with Gasteiger partial charge in [0.2, 0.25) is 10.0 Å². The van der Waals surface area contributed by atoms with Gasteiger partial charge in [-0.05, 0) is 30.7 Å². The second-order valence-electron chi connectivity index (χ2n) is 4.72. The van der Waals surface area contributed by atoms with Crippen LogP contribution >= 0.6 is 0 Å². The third-order valence-electron chi connectivity index (χ3n) is 3.35. The molecule has 1 saturated heterocycles. The van der Waals surface area contributed by atoms with E-state index in [0.717, 1.165) is 12.1 Å². The second kappa shape index (κ2) is 5.42. The zero-order valence-electron chi connectivity index (χ0n) is 11.0. The Kier molecular flexibility index (Phi) is 4.17. The maximum Gasteiger partial charge on any atom is 0.243 e. The predicted molar refractivity (Wildman–Crippen MR) is 73.0 cm³/mol. The van der Waals surface area contributed by atoms with E-state index in [1.165, 1.54) is 16.4 Å². The Morgan fingerprint density at radius 2 is 1.90 bits per heavy atom. The summed E-state index contributed by atoms with van der Waals surface area (Å²) in [4.78, 5) is -0.0231. The van der Waals surface area contributed by atoms with Crippen molar-refractivity contribution in [3.63, 3.8) is 0 Å². The van der Waals surface area contributed by atoms with Crippen molar-refractivity contribution in [2.45, 2.75) is 24.3 Å². The molecule has 112 valence electrons. The number of halogens is 1. The zero-order valence-corrected chi connectivity index (χ0v) is 12.6. The van der Waals surface area contributed by atoms with Gasteiger partial charge in [0.1, 0.15) is 5.82 Å². The molecule has 0 amide bonds. The largest absolute Gasteiger partial charge is 0.243 e. The van der Waals surface area contributed by atoms with E-state index in [1.54, 1.807) is 6.92 Å². The molecule has 0 bridgehead atoms. The molecule has 8 heteroatoms. The lowest BCUT2D eigenvalue weighted by Crippen LogP contribution is -2.40. The molecule has 0 spiro atoms. The molecular weight excluding hydrogens is 305 g/mol. The van der Waals surface area contributed by atoms with Gasteiger partial charge in [0.25, 0.3) is 0 Å². The lowest BCUT2D eigenvalue weighted by Gasteiger charge is -2.25. The normalized spacial score (nSPS) is 22.2. The lowest BCUT2D eigenvalue weighted by atomic mass is 10.3. The highest BCUT2D eigenvalue weighted by atomic mass is 32.2. The van der Waals surface area contributed by atoms with Gasteiger partial charge in [0.15, 0.2) is 9.84 Å². The first-order chi connectivity index (χ1) is 9.26. The monoisotopic (exact) mass is 321 g/mol. The maximum absolute atomic E-state index is 12.9. The van der Waals surface area contributed by atoms with E-state index in [4.69, 9.17) is 0 Å². The van der Waals surface area contributed by atoms with Crippen LogP contribution in [0.25, 0.3) is 0 Å². The van der Waals surface area contributed by atoms with Crippen molar-refractivity contribution in [3.05, 3.63) is 30.1 Å². The van der Waals surface area contributed by atoms with Crippen molar-refractivity contribution in [1.29, 1.82) is 0 Å². The fourth-order valence-electron chi connectivity index (χ4n) is 2.37. The highest BCUT2D eigenvalue weighted by Crippen LogP contribution is 2.24. The van der Waals surface area contributed by atoms with Crippen molar-refractivity contribution in [3.8, 4) is 0 Å². The highest BCUT2D eigenvalue weighted by molar-refractivity contribution is 7.92. The summed E-state index contributed by atoms with van der Waals surface area (Å²) in [5, 5.41) is 0. The molecule has 1 aliphatic rings. The smallest absolute Gasteiger partial charge is 0.229 e. The molecule has 1 atom stereocenters. The van der Waals surface area contributed by atoms with Crippen LogP contribution in [0.3, 0.4) is 0 Å². The third-order valence-corrected chi connectivity index (χ3v) is 7.14. The van der Waals surface area contributed by atoms with Crippen LogP contribution in [0.5, 0.6) is 0 Å². The fraction of sp³-hybridized carbons (Fsp3) is 0.500. The molecule has 1 aromatic carbocycles. The number of rotatable bonds is 4. The quantitative estimate of drug-likeness (QED) is 0.830. The number of hydrogen-bond donors (Lipinski definition) is 0. The van der Waals surface area contributed by atoms with Gasteiger partial charge in [-0.3, -0.25) is 0 Å². The van der Waals surface area contributed by atoms with E-state index in [-0.39, 0.29) is 22.9 Å². The molecule has 0 aromatic heterocycles. The summed E-state index contributed by atoms with van der Waals surface area (Å²) in [5.41, 5.74) is 0. The molecule has 1 heterocycles. The molecule has 0 radical (unpaired) electrons. The summed E-state index contributed by atoms with van der Waals surface area (Å²) in [6, 6.07) is 3.99. The van der Waals surface area contributed by atoms with Gasteiger partial charge in [-0.2, -0.15) is 4.31 Å². The highest BCUT2D eigenvalue weighted by Gasteiger charge is 2.37. The molecule has 20 heavy (non-hydrogen) atoms. The van der Waals surface area contributed by atoms with Gasteiger partial charge < -0.3 is 0 Å². The minimum absolute atomic E-state index is 0.00705. The van der Waals surface area contributed by atoms with Crippen molar-refractivity contribution in [2.24, 2.45) is 0 Å². The zero-order chi connectivity index (χ0) is 15.0. The van der Waals surface area contributed by atoms with Crippen molar-refractivity contribution in [2.75, 3.05) is 18.1 Å². The Bertz CT molecular complexity index is 683. The first kappa shape index (κ1) is 15.4. The summed E-state index contributed by atoms with van der Waals surface area (Å²) in [5.74, 6) is -0.663. The van der Waals surface area contributed by atoms with Gasteiger partial charge in [-0.25, -0.2) is 21.2 Å². The van der Waals surface area contributed by atoms with E-state index in [0.29, 0.717) is 6.42 Å². The number of nitrogens with zero attached hydrogens (tertiary/aromatic N) is 1. The average Bonchev–Trinajstić information content (AvgIpc) is 2.70. The number of sulfone groups is 1. The number of sulfonamides is 1.